The Morgan fingerprint density at radius 3 is 2.74 bits per heavy atom. The minimum atomic E-state index is -0.832. The molecule has 3 aromatic rings. The minimum absolute atomic E-state index is 0.115. The number of nitro groups is 1. The quantitative estimate of drug-likeness (QED) is 0.315. The summed E-state index contributed by atoms with van der Waals surface area (Å²) in [6.45, 7) is 3.51. The Labute approximate surface area is 202 Å². The highest BCUT2D eigenvalue weighted by atomic mass is 32.1. The van der Waals surface area contributed by atoms with Crippen molar-refractivity contribution >= 4 is 29.1 Å². The molecule has 1 atom stereocenters. The van der Waals surface area contributed by atoms with Gasteiger partial charge < -0.3 is 14.6 Å². The summed E-state index contributed by atoms with van der Waals surface area (Å²) in [5, 5.41) is 21.5. The molecule has 11 heteroatoms. The molecule has 2 aromatic carbocycles. The van der Waals surface area contributed by atoms with Gasteiger partial charge in [-0.1, -0.05) is 35.6 Å². The van der Waals surface area contributed by atoms with Gasteiger partial charge in [-0.2, -0.15) is 0 Å². The molecule has 1 N–H and O–H groups in total. The number of allylic oxidation sites excluding steroid dienone is 1. The minimum Gasteiger partial charge on any atom is -0.502 e. The number of fused-ring (bicyclic) bond motifs is 1. The van der Waals surface area contributed by atoms with Crippen molar-refractivity contribution in [3.8, 4) is 11.5 Å². The number of phenols is 1. The highest BCUT2D eigenvalue weighted by molar-refractivity contribution is 7.07. The zero-order valence-electron chi connectivity index (χ0n) is 19.0. The van der Waals surface area contributed by atoms with E-state index in [-0.39, 0.29) is 22.3 Å². The molecule has 4 rings (SSSR count). The molecular weight excluding hydrogens is 474 g/mol. The van der Waals surface area contributed by atoms with E-state index in [0.717, 1.165) is 11.3 Å². The number of nitrogens with zero attached hydrogens (tertiary/aromatic N) is 3. The van der Waals surface area contributed by atoms with Crippen molar-refractivity contribution in [1.29, 1.82) is 0 Å². The third-order valence-corrected chi connectivity index (χ3v) is 6.44. The number of aromatic hydroxyl groups is 1. The fraction of sp³-hybridized carbons (Fsp3) is 0.208. The van der Waals surface area contributed by atoms with Crippen LogP contribution in [0.25, 0.3) is 6.08 Å². The Kier molecular flexibility index (Phi) is 6.52. The van der Waals surface area contributed by atoms with E-state index in [1.165, 1.54) is 36.0 Å². The number of hydrogen-bond donors (Lipinski definition) is 1. The summed E-state index contributed by atoms with van der Waals surface area (Å²) >= 11 is 1.05. The lowest BCUT2D eigenvalue weighted by Gasteiger charge is -2.25. The molecular formula is C24H21N3O7S. The van der Waals surface area contributed by atoms with Crippen LogP contribution in [-0.4, -0.2) is 34.3 Å². The Bertz CT molecular complexity index is 1550. The third kappa shape index (κ3) is 4.33. The molecule has 2 heterocycles. The Hall–Kier alpha value is -4.25. The van der Waals surface area contributed by atoms with E-state index in [0.29, 0.717) is 21.8 Å². The highest BCUT2D eigenvalue weighted by Crippen LogP contribution is 2.33. The van der Waals surface area contributed by atoms with Gasteiger partial charge >= 0.3 is 11.7 Å². The van der Waals surface area contributed by atoms with E-state index in [1.54, 1.807) is 38.1 Å². The molecule has 0 saturated heterocycles. The number of ether oxygens (including phenoxy) is 2. The van der Waals surface area contributed by atoms with Gasteiger partial charge in [0.1, 0.15) is 5.75 Å². The number of hydrogen-bond acceptors (Lipinski definition) is 9. The van der Waals surface area contributed by atoms with Crippen LogP contribution in [-0.2, 0) is 9.53 Å². The van der Waals surface area contributed by atoms with Gasteiger partial charge in [0.05, 0.1) is 40.5 Å². The second-order valence-corrected chi connectivity index (χ2v) is 8.56. The van der Waals surface area contributed by atoms with Crippen molar-refractivity contribution in [1.82, 2.24) is 4.57 Å². The summed E-state index contributed by atoms with van der Waals surface area (Å²) in [6, 6.07) is 10.2. The maximum Gasteiger partial charge on any atom is 0.338 e. The number of carbonyl (C=O) groups is 1. The van der Waals surface area contributed by atoms with E-state index in [2.05, 4.69) is 4.99 Å². The van der Waals surface area contributed by atoms with E-state index in [4.69, 9.17) is 9.47 Å². The molecule has 0 saturated carbocycles. The van der Waals surface area contributed by atoms with Gasteiger partial charge in [-0.05, 0) is 37.6 Å². The van der Waals surface area contributed by atoms with Gasteiger partial charge in [0, 0.05) is 11.6 Å². The maximum atomic E-state index is 13.6. The van der Waals surface area contributed by atoms with Gasteiger partial charge in [0.2, 0.25) is 5.75 Å². The van der Waals surface area contributed by atoms with Gasteiger partial charge in [0.15, 0.2) is 4.80 Å². The molecule has 0 fully saturated rings. The fourth-order valence-corrected chi connectivity index (χ4v) is 4.91. The third-order valence-electron chi connectivity index (χ3n) is 5.46. The first-order chi connectivity index (χ1) is 16.8. The summed E-state index contributed by atoms with van der Waals surface area (Å²) < 4.78 is 12.2. The van der Waals surface area contributed by atoms with Crippen LogP contribution in [0.3, 0.4) is 0 Å². The number of methoxy groups -OCH3 is 1. The van der Waals surface area contributed by atoms with Crippen molar-refractivity contribution in [2.45, 2.75) is 19.9 Å². The molecule has 0 radical (unpaired) electrons. The number of rotatable bonds is 6. The Morgan fingerprint density at radius 1 is 1.31 bits per heavy atom. The number of thiazole rings is 1. The zero-order chi connectivity index (χ0) is 25.3. The zero-order valence-corrected chi connectivity index (χ0v) is 19.9. The number of para-hydroxylation sites is 1. The first-order valence-corrected chi connectivity index (χ1v) is 11.4. The number of nitro benzene ring substituents is 1. The molecule has 35 heavy (non-hydrogen) atoms. The van der Waals surface area contributed by atoms with Gasteiger partial charge in [0.25, 0.3) is 5.56 Å². The summed E-state index contributed by atoms with van der Waals surface area (Å²) in [5.41, 5.74) is 0.416. The van der Waals surface area contributed by atoms with Crippen LogP contribution in [0.4, 0.5) is 5.69 Å². The molecule has 180 valence electrons. The lowest BCUT2D eigenvalue weighted by molar-refractivity contribution is -0.385. The maximum absolute atomic E-state index is 13.6. The van der Waals surface area contributed by atoms with Crippen molar-refractivity contribution in [3.63, 3.8) is 0 Å². The predicted octanol–water partition coefficient (Wildman–Crippen LogP) is 2.42. The molecule has 0 aliphatic carbocycles. The molecule has 1 aliphatic heterocycles. The van der Waals surface area contributed by atoms with Crippen molar-refractivity contribution in [2.24, 2.45) is 4.99 Å². The monoisotopic (exact) mass is 495 g/mol. The fourth-order valence-electron chi connectivity index (χ4n) is 3.87. The average Bonchev–Trinajstić information content (AvgIpc) is 3.13. The lowest BCUT2D eigenvalue weighted by atomic mass is 9.95. The number of aromatic nitrogens is 1. The average molecular weight is 496 g/mol. The van der Waals surface area contributed by atoms with E-state index in [1.807, 2.05) is 0 Å². The summed E-state index contributed by atoms with van der Waals surface area (Å²) in [5.74, 6) is -0.591. The number of phenolic OH excluding ortho intramolecular Hbond substituents is 1. The standard InChI is InChI=1S/C24H21N3O7S/c1-4-34-23(30)19-13(2)25-24-26(20(19)14-7-5-9-16(11-14)33-3)22(29)18(35-24)12-15-8-6-10-17(21(15)28)27(31)32/h5-12,20,28H,4H2,1-3H3/b18-12+/t20-/m1/s1. The SMILES string of the molecule is CCOC(=O)C1=C(C)N=c2s/c(=C/c3cccc([N+](=O)[O-])c3O)c(=O)n2[C@@H]1c1cccc(OC)c1. The van der Waals surface area contributed by atoms with Crippen LogP contribution in [0, 0.1) is 10.1 Å². The summed E-state index contributed by atoms with van der Waals surface area (Å²) in [6.07, 6.45) is 1.37. The molecule has 1 aliphatic rings. The van der Waals surface area contributed by atoms with E-state index >= 15 is 0 Å². The van der Waals surface area contributed by atoms with Crippen LogP contribution in [0.1, 0.15) is 31.0 Å². The van der Waals surface area contributed by atoms with Crippen LogP contribution in [0.5, 0.6) is 11.5 Å². The van der Waals surface area contributed by atoms with Crippen molar-refractivity contribution in [2.75, 3.05) is 13.7 Å². The number of esters is 1. The highest BCUT2D eigenvalue weighted by Gasteiger charge is 2.33. The molecule has 0 spiro atoms. The van der Waals surface area contributed by atoms with Gasteiger partial charge in [-0.15, -0.1) is 0 Å². The summed E-state index contributed by atoms with van der Waals surface area (Å²) in [4.78, 5) is 41.8. The smallest absolute Gasteiger partial charge is 0.338 e. The van der Waals surface area contributed by atoms with Crippen LogP contribution < -0.4 is 19.6 Å². The second-order valence-electron chi connectivity index (χ2n) is 7.55. The predicted molar refractivity (Wildman–Crippen MR) is 128 cm³/mol. The molecule has 1 aromatic heterocycles. The topological polar surface area (TPSA) is 133 Å². The van der Waals surface area contributed by atoms with Gasteiger partial charge in [-0.25, -0.2) is 9.79 Å². The molecule has 0 bridgehead atoms. The normalized spacial score (nSPS) is 15.4. The first kappa shape index (κ1) is 23.9. The number of carbonyl (C=O) groups excluding carboxylic acids is 1. The first-order valence-electron chi connectivity index (χ1n) is 10.6. The van der Waals surface area contributed by atoms with Crippen LogP contribution in [0.15, 0.2) is 63.5 Å². The lowest BCUT2D eigenvalue weighted by Crippen LogP contribution is -2.39. The van der Waals surface area contributed by atoms with E-state index in [9.17, 15) is 24.8 Å². The van der Waals surface area contributed by atoms with Crippen LogP contribution in [0.2, 0.25) is 0 Å². The van der Waals surface area contributed by atoms with E-state index < -0.39 is 33.9 Å². The number of benzene rings is 2. The van der Waals surface area contributed by atoms with Crippen molar-refractivity contribution in [3.05, 3.63) is 94.7 Å². The molecule has 0 amide bonds. The molecule has 0 unspecified atom stereocenters. The second kappa shape index (κ2) is 9.55. The van der Waals surface area contributed by atoms with Gasteiger partial charge in [-0.3, -0.25) is 19.5 Å². The molecule has 10 nitrogen and oxygen atoms in total. The van der Waals surface area contributed by atoms with Crippen molar-refractivity contribution < 1.29 is 24.3 Å². The summed E-state index contributed by atoms with van der Waals surface area (Å²) in [7, 11) is 1.52. The Balaban J connectivity index is 1.98. The largest absolute Gasteiger partial charge is 0.502 e. The Morgan fingerprint density at radius 2 is 2.06 bits per heavy atom. The van der Waals surface area contributed by atoms with Crippen LogP contribution >= 0.6 is 11.3 Å².